The molecule has 2 aromatic carbocycles. The number of carbonyl (C=O) groups excluding carboxylic acids is 1. The van der Waals surface area contributed by atoms with E-state index in [-0.39, 0.29) is 33.4 Å². The SMILES string of the molecule is NC(=O)c1nnc(Oc2ccc(-n3nc4n(c3=O)[C@H](c3ccccc3)CC4)cc2F)s1. The first-order valence-electron chi connectivity index (χ1n) is 9.38. The Hall–Kier alpha value is -3.86. The molecular weight excluding hydrogens is 423 g/mol. The Morgan fingerprint density at radius 2 is 2.00 bits per heavy atom. The molecule has 1 amide bonds. The zero-order chi connectivity index (χ0) is 21.5. The van der Waals surface area contributed by atoms with E-state index in [4.69, 9.17) is 10.5 Å². The van der Waals surface area contributed by atoms with Gasteiger partial charge < -0.3 is 10.5 Å². The van der Waals surface area contributed by atoms with E-state index in [0.717, 1.165) is 29.4 Å². The zero-order valence-corrected chi connectivity index (χ0v) is 16.8. The summed E-state index contributed by atoms with van der Waals surface area (Å²) in [6.45, 7) is 0. The van der Waals surface area contributed by atoms with Crippen molar-refractivity contribution in [3.05, 3.63) is 81.2 Å². The van der Waals surface area contributed by atoms with Crippen LogP contribution in [0, 0.1) is 5.82 Å². The van der Waals surface area contributed by atoms with Crippen molar-refractivity contribution in [3.8, 4) is 16.6 Å². The Bertz CT molecular complexity index is 1350. The van der Waals surface area contributed by atoms with E-state index < -0.39 is 11.7 Å². The van der Waals surface area contributed by atoms with Crippen LogP contribution in [0.15, 0.2) is 53.3 Å². The van der Waals surface area contributed by atoms with E-state index >= 15 is 0 Å². The standard InChI is InChI=1S/C20H15FN6O3S/c21-13-10-12(6-8-15(13)30-19-24-23-18(31-19)17(22)28)27-20(29)26-14(7-9-16(26)25-27)11-4-2-1-3-5-11/h1-6,8,10,14H,7,9H2,(H2,22,28)/t14-/m0/s1. The lowest BCUT2D eigenvalue weighted by molar-refractivity contribution is 0.0999. The summed E-state index contributed by atoms with van der Waals surface area (Å²) in [6, 6.07) is 13.7. The van der Waals surface area contributed by atoms with Crippen LogP contribution in [0.25, 0.3) is 5.69 Å². The lowest BCUT2D eigenvalue weighted by atomic mass is 10.1. The Morgan fingerprint density at radius 3 is 2.71 bits per heavy atom. The molecule has 11 heteroatoms. The molecular formula is C20H15FN6O3S. The number of amides is 1. The second-order valence-electron chi connectivity index (χ2n) is 6.90. The molecule has 1 aliphatic heterocycles. The number of carbonyl (C=O) groups is 1. The molecule has 156 valence electrons. The number of hydrogen-bond donors (Lipinski definition) is 1. The number of fused-ring (bicyclic) bond motifs is 1. The lowest BCUT2D eigenvalue weighted by Gasteiger charge is -2.12. The molecule has 0 saturated heterocycles. The fraction of sp³-hybridized carbons (Fsp3) is 0.150. The second kappa shape index (κ2) is 7.43. The molecule has 0 saturated carbocycles. The first kappa shape index (κ1) is 19.1. The van der Waals surface area contributed by atoms with Crippen molar-refractivity contribution < 1.29 is 13.9 Å². The van der Waals surface area contributed by atoms with Crippen molar-refractivity contribution in [2.75, 3.05) is 0 Å². The molecule has 9 nitrogen and oxygen atoms in total. The molecule has 0 bridgehead atoms. The highest BCUT2D eigenvalue weighted by Gasteiger charge is 2.29. The zero-order valence-electron chi connectivity index (χ0n) is 15.9. The second-order valence-corrected chi connectivity index (χ2v) is 7.84. The lowest BCUT2D eigenvalue weighted by Crippen LogP contribution is -2.26. The van der Waals surface area contributed by atoms with Crippen molar-refractivity contribution in [3.63, 3.8) is 0 Å². The fourth-order valence-electron chi connectivity index (χ4n) is 3.61. The van der Waals surface area contributed by atoms with E-state index in [1.165, 1.54) is 16.8 Å². The third kappa shape index (κ3) is 3.38. The number of halogens is 1. The number of hydrogen-bond acceptors (Lipinski definition) is 7. The van der Waals surface area contributed by atoms with Crippen molar-refractivity contribution in [1.82, 2.24) is 24.5 Å². The van der Waals surface area contributed by atoms with Gasteiger partial charge in [0.15, 0.2) is 11.6 Å². The molecule has 0 fully saturated rings. The number of rotatable bonds is 5. The summed E-state index contributed by atoms with van der Waals surface area (Å²) in [5, 5.41) is 11.5. The molecule has 2 N–H and O–H groups in total. The van der Waals surface area contributed by atoms with Crippen molar-refractivity contribution >= 4 is 17.2 Å². The summed E-state index contributed by atoms with van der Waals surface area (Å²) >= 11 is 0.805. The molecule has 5 rings (SSSR count). The molecule has 31 heavy (non-hydrogen) atoms. The van der Waals surface area contributed by atoms with Crippen LogP contribution >= 0.6 is 11.3 Å². The van der Waals surface area contributed by atoms with Gasteiger partial charge in [-0.05, 0) is 35.5 Å². The summed E-state index contributed by atoms with van der Waals surface area (Å²) in [5.41, 5.74) is 6.10. The van der Waals surface area contributed by atoms with E-state index in [2.05, 4.69) is 15.3 Å². The molecule has 0 unspecified atom stereocenters. The average Bonchev–Trinajstić information content (AvgIpc) is 3.47. The molecule has 0 spiro atoms. The van der Waals surface area contributed by atoms with Crippen LogP contribution in [0.5, 0.6) is 10.9 Å². The third-order valence-corrected chi connectivity index (χ3v) is 5.81. The minimum absolute atomic E-state index is 0.0238. The predicted octanol–water partition coefficient (Wildman–Crippen LogP) is 2.45. The van der Waals surface area contributed by atoms with Crippen LogP contribution in [-0.2, 0) is 6.42 Å². The molecule has 1 aliphatic rings. The number of ether oxygens (including phenoxy) is 1. The number of primary amides is 1. The van der Waals surface area contributed by atoms with Gasteiger partial charge in [-0.15, -0.1) is 10.2 Å². The summed E-state index contributed by atoms with van der Waals surface area (Å²) in [7, 11) is 0. The predicted molar refractivity (Wildman–Crippen MR) is 109 cm³/mol. The van der Waals surface area contributed by atoms with Crippen molar-refractivity contribution in [2.24, 2.45) is 5.73 Å². The van der Waals surface area contributed by atoms with Crippen molar-refractivity contribution in [2.45, 2.75) is 18.9 Å². The maximum Gasteiger partial charge on any atom is 0.351 e. The van der Waals surface area contributed by atoms with Gasteiger partial charge in [0, 0.05) is 12.5 Å². The summed E-state index contributed by atoms with van der Waals surface area (Å²) in [5.74, 6) is -0.928. The first-order chi connectivity index (χ1) is 15.0. The average molecular weight is 438 g/mol. The van der Waals surface area contributed by atoms with Gasteiger partial charge in [-0.3, -0.25) is 9.36 Å². The van der Waals surface area contributed by atoms with E-state index in [1.807, 2.05) is 30.3 Å². The molecule has 2 aromatic heterocycles. The van der Waals surface area contributed by atoms with Gasteiger partial charge in [0.25, 0.3) is 11.1 Å². The van der Waals surface area contributed by atoms with Crippen molar-refractivity contribution in [1.29, 1.82) is 0 Å². The minimum atomic E-state index is -0.746. The highest BCUT2D eigenvalue weighted by Crippen LogP contribution is 2.31. The number of aryl methyl sites for hydroxylation is 1. The smallest absolute Gasteiger partial charge is 0.351 e. The normalized spacial score (nSPS) is 15.1. The van der Waals surface area contributed by atoms with Gasteiger partial charge in [-0.2, -0.15) is 4.68 Å². The maximum atomic E-state index is 14.7. The maximum absolute atomic E-state index is 14.7. The Kier molecular flexibility index (Phi) is 4.59. The van der Waals surface area contributed by atoms with Gasteiger partial charge >= 0.3 is 5.69 Å². The number of nitrogens with zero attached hydrogens (tertiary/aromatic N) is 5. The van der Waals surface area contributed by atoms with Crippen LogP contribution in [0.4, 0.5) is 4.39 Å². The molecule has 1 atom stereocenters. The van der Waals surface area contributed by atoms with Gasteiger partial charge in [0.05, 0.1) is 11.7 Å². The summed E-state index contributed by atoms with van der Waals surface area (Å²) < 4.78 is 22.8. The van der Waals surface area contributed by atoms with Gasteiger partial charge in [-0.1, -0.05) is 35.4 Å². The van der Waals surface area contributed by atoms with Crippen LogP contribution in [0.1, 0.15) is 33.7 Å². The molecule has 0 radical (unpaired) electrons. The fourth-order valence-corrected chi connectivity index (χ4v) is 4.17. The Morgan fingerprint density at radius 1 is 1.19 bits per heavy atom. The highest BCUT2D eigenvalue weighted by molar-refractivity contribution is 7.15. The Labute approximate surface area is 178 Å². The van der Waals surface area contributed by atoms with Gasteiger partial charge in [0.2, 0.25) is 5.01 Å². The molecule has 3 heterocycles. The highest BCUT2D eigenvalue weighted by atomic mass is 32.1. The topological polar surface area (TPSA) is 118 Å². The van der Waals surface area contributed by atoms with Gasteiger partial charge in [-0.25, -0.2) is 9.18 Å². The van der Waals surface area contributed by atoms with Crippen LogP contribution in [-0.4, -0.2) is 30.5 Å². The minimum Gasteiger partial charge on any atom is -0.427 e. The van der Waals surface area contributed by atoms with E-state index in [0.29, 0.717) is 12.2 Å². The monoisotopic (exact) mass is 438 g/mol. The molecule has 4 aromatic rings. The quantitative estimate of drug-likeness (QED) is 0.511. The van der Waals surface area contributed by atoms with Crippen LogP contribution < -0.4 is 16.2 Å². The number of nitrogens with two attached hydrogens (primary N) is 1. The van der Waals surface area contributed by atoms with Crippen LogP contribution in [0.3, 0.4) is 0 Å². The first-order valence-corrected chi connectivity index (χ1v) is 10.2. The Balaban J connectivity index is 1.45. The number of benzene rings is 2. The summed E-state index contributed by atoms with van der Waals surface area (Å²) in [4.78, 5) is 24.1. The number of aromatic nitrogens is 5. The summed E-state index contributed by atoms with van der Waals surface area (Å²) in [6.07, 6.45) is 1.45. The largest absolute Gasteiger partial charge is 0.427 e. The molecule has 0 aliphatic carbocycles. The van der Waals surface area contributed by atoms with E-state index in [1.54, 1.807) is 4.57 Å². The van der Waals surface area contributed by atoms with Gasteiger partial charge in [0.1, 0.15) is 5.82 Å². The third-order valence-electron chi connectivity index (χ3n) is 4.99. The van der Waals surface area contributed by atoms with Crippen LogP contribution in [0.2, 0.25) is 0 Å². The van der Waals surface area contributed by atoms with E-state index in [9.17, 15) is 14.0 Å².